The number of aromatic nitrogens is 1. The molecule has 152 valence electrons. The molecule has 0 spiro atoms. The number of nitrogens with one attached hydrogen (secondary N) is 1. The number of hydrogen-bond donors (Lipinski definition) is 1. The molecule has 0 aliphatic carbocycles. The Morgan fingerprint density at radius 2 is 1.83 bits per heavy atom. The van der Waals surface area contributed by atoms with E-state index in [-0.39, 0.29) is 24.3 Å². The molecule has 3 amide bonds. The highest BCUT2D eigenvalue weighted by molar-refractivity contribution is 7.15. The molecule has 0 unspecified atom stereocenters. The summed E-state index contributed by atoms with van der Waals surface area (Å²) in [5, 5.41) is 3.23. The molecule has 1 aliphatic rings. The smallest absolute Gasteiger partial charge is 0.261 e. The molecule has 2 aromatic carbocycles. The number of imide groups is 1. The fraction of sp³-hybridized carbons (Fsp3) is 0.182. The van der Waals surface area contributed by atoms with Gasteiger partial charge in [-0.2, -0.15) is 0 Å². The normalized spacial score (nSPS) is 12.8. The van der Waals surface area contributed by atoms with Crippen LogP contribution in [0.3, 0.4) is 0 Å². The first-order valence-electron chi connectivity index (χ1n) is 9.51. The Bertz CT molecular complexity index is 1090. The molecule has 30 heavy (non-hydrogen) atoms. The minimum absolute atomic E-state index is 0.262. The molecule has 1 N–H and O–H groups in total. The highest BCUT2D eigenvalue weighted by Gasteiger charge is 2.34. The van der Waals surface area contributed by atoms with Crippen molar-refractivity contribution in [2.75, 3.05) is 18.5 Å². The van der Waals surface area contributed by atoms with Crippen molar-refractivity contribution < 1.29 is 19.1 Å². The number of fused-ring (bicyclic) bond motifs is 1. The molecule has 7 nitrogen and oxygen atoms in total. The van der Waals surface area contributed by atoms with Gasteiger partial charge in [-0.25, -0.2) is 4.98 Å². The van der Waals surface area contributed by atoms with Gasteiger partial charge >= 0.3 is 0 Å². The predicted octanol–water partition coefficient (Wildman–Crippen LogP) is 3.63. The van der Waals surface area contributed by atoms with Gasteiger partial charge in [-0.1, -0.05) is 18.2 Å². The maximum atomic E-state index is 12.5. The molecule has 4 rings (SSSR count). The van der Waals surface area contributed by atoms with Crippen LogP contribution in [-0.4, -0.2) is 40.8 Å². The highest BCUT2D eigenvalue weighted by atomic mass is 32.1. The number of amides is 3. The molecular formula is C22H19N3O4S. The zero-order chi connectivity index (χ0) is 21.1. The van der Waals surface area contributed by atoms with E-state index in [2.05, 4.69) is 10.3 Å². The molecule has 1 aliphatic heterocycles. The third kappa shape index (κ3) is 3.95. The molecule has 0 saturated carbocycles. The second-order valence-corrected chi connectivity index (χ2v) is 7.72. The van der Waals surface area contributed by atoms with Crippen molar-refractivity contribution >= 4 is 34.2 Å². The Morgan fingerprint density at radius 1 is 1.10 bits per heavy atom. The lowest BCUT2D eigenvalue weighted by Gasteiger charge is -2.12. The van der Waals surface area contributed by atoms with Gasteiger partial charge in [-0.3, -0.25) is 24.6 Å². The number of thiazole rings is 1. The lowest BCUT2D eigenvalue weighted by atomic mass is 10.1. The van der Waals surface area contributed by atoms with E-state index in [0.717, 1.165) is 4.88 Å². The van der Waals surface area contributed by atoms with Crippen molar-refractivity contribution in [2.45, 2.75) is 13.3 Å². The van der Waals surface area contributed by atoms with Crippen LogP contribution in [-0.2, 0) is 6.42 Å². The topological polar surface area (TPSA) is 88.6 Å². The summed E-state index contributed by atoms with van der Waals surface area (Å²) in [6, 6.07) is 13.7. The van der Waals surface area contributed by atoms with Crippen molar-refractivity contribution in [1.82, 2.24) is 9.88 Å². The Hall–Kier alpha value is -3.52. The van der Waals surface area contributed by atoms with E-state index in [0.29, 0.717) is 40.6 Å². The number of anilines is 1. The van der Waals surface area contributed by atoms with Crippen molar-refractivity contribution in [3.8, 4) is 5.75 Å². The molecule has 1 aromatic heterocycles. The van der Waals surface area contributed by atoms with Crippen LogP contribution in [0.1, 0.15) is 42.9 Å². The molecule has 2 heterocycles. The third-order valence-corrected chi connectivity index (χ3v) is 5.61. The third-order valence-electron chi connectivity index (χ3n) is 4.64. The summed E-state index contributed by atoms with van der Waals surface area (Å²) in [7, 11) is 0. The van der Waals surface area contributed by atoms with Crippen LogP contribution < -0.4 is 10.1 Å². The van der Waals surface area contributed by atoms with Gasteiger partial charge in [0.05, 0.1) is 17.7 Å². The summed E-state index contributed by atoms with van der Waals surface area (Å²) in [4.78, 5) is 43.7. The lowest BCUT2D eigenvalue weighted by Crippen LogP contribution is -2.31. The molecule has 0 fully saturated rings. The zero-order valence-electron chi connectivity index (χ0n) is 16.3. The van der Waals surface area contributed by atoms with Gasteiger partial charge in [0, 0.05) is 29.6 Å². The first-order valence-corrected chi connectivity index (χ1v) is 10.3. The number of ether oxygens (including phenoxy) is 1. The van der Waals surface area contributed by atoms with Crippen LogP contribution in [0.15, 0.2) is 54.7 Å². The molecule has 0 radical (unpaired) electrons. The largest absolute Gasteiger partial charge is 0.494 e. The van der Waals surface area contributed by atoms with Crippen LogP contribution in [0.25, 0.3) is 0 Å². The van der Waals surface area contributed by atoms with E-state index in [9.17, 15) is 14.4 Å². The first-order chi connectivity index (χ1) is 14.6. The number of rotatable bonds is 7. The fourth-order valence-electron chi connectivity index (χ4n) is 3.21. The number of nitrogens with zero attached hydrogens (tertiary/aromatic N) is 2. The zero-order valence-corrected chi connectivity index (χ0v) is 17.1. The molecule has 0 saturated heterocycles. The minimum Gasteiger partial charge on any atom is -0.494 e. The van der Waals surface area contributed by atoms with E-state index in [1.807, 2.05) is 6.92 Å². The van der Waals surface area contributed by atoms with Crippen LogP contribution in [0, 0.1) is 0 Å². The summed E-state index contributed by atoms with van der Waals surface area (Å²) < 4.78 is 5.42. The van der Waals surface area contributed by atoms with E-state index in [4.69, 9.17) is 4.74 Å². The Balaban J connectivity index is 1.37. The maximum absolute atomic E-state index is 12.5. The van der Waals surface area contributed by atoms with Crippen molar-refractivity contribution in [3.05, 3.63) is 76.3 Å². The second kappa shape index (κ2) is 8.46. The maximum Gasteiger partial charge on any atom is 0.261 e. The van der Waals surface area contributed by atoms with Crippen LogP contribution >= 0.6 is 11.3 Å². The Kier molecular flexibility index (Phi) is 5.58. The molecular weight excluding hydrogens is 402 g/mol. The van der Waals surface area contributed by atoms with Gasteiger partial charge in [0.25, 0.3) is 17.7 Å². The summed E-state index contributed by atoms with van der Waals surface area (Å²) in [5.41, 5.74) is 1.35. The Labute approximate surface area is 177 Å². The second-order valence-electron chi connectivity index (χ2n) is 6.60. The average molecular weight is 421 g/mol. The van der Waals surface area contributed by atoms with E-state index < -0.39 is 0 Å². The van der Waals surface area contributed by atoms with Crippen molar-refractivity contribution in [3.63, 3.8) is 0 Å². The number of carbonyl (C=O) groups is 3. The highest BCUT2D eigenvalue weighted by Crippen LogP contribution is 2.25. The molecule has 0 atom stereocenters. The SMILES string of the molecule is CCOc1cccc(C(=O)Nc2ncc(CCN3C(=O)c4ccccc4C3=O)s2)c1. The summed E-state index contributed by atoms with van der Waals surface area (Å²) >= 11 is 1.32. The molecule has 0 bridgehead atoms. The van der Waals surface area contributed by atoms with Crippen LogP contribution in [0.5, 0.6) is 5.75 Å². The predicted molar refractivity (Wildman–Crippen MR) is 113 cm³/mol. The number of carbonyl (C=O) groups excluding carboxylic acids is 3. The minimum atomic E-state index is -0.280. The fourth-order valence-corrected chi connectivity index (χ4v) is 4.00. The van der Waals surface area contributed by atoms with E-state index in [1.165, 1.54) is 16.2 Å². The van der Waals surface area contributed by atoms with E-state index >= 15 is 0 Å². The van der Waals surface area contributed by atoms with Crippen molar-refractivity contribution in [2.24, 2.45) is 0 Å². The average Bonchev–Trinajstić information content (AvgIpc) is 3.30. The number of benzene rings is 2. The first kappa shape index (κ1) is 19.8. The lowest BCUT2D eigenvalue weighted by molar-refractivity contribution is 0.0656. The van der Waals surface area contributed by atoms with Gasteiger partial charge in [0.1, 0.15) is 5.75 Å². The van der Waals surface area contributed by atoms with Gasteiger partial charge in [-0.15, -0.1) is 11.3 Å². The van der Waals surface area contributed by atoms with Crippen molar-refractivity contribution in [1.29, 1.82) is 0 Å². The summed E-state index contributed by atoms with van der Waals surface area (Å²) in [6.45, 7) is 2.66. The van der Waals surface area contributed by atoms with Gasteiger partial charge in [0.2, 0.25) is 0 Å². The summed E-state index contributed by atoms with van der Waals surface area (Å²) in [5.74, 6) is -0.200. The van der Waals surface area contributed by atoms with Gasteiger partial charge < -0.3 is 4.74 Å². The summed E-state index contributed by atoms with van der Waals surface area (Å²) in [6.07, 6.45) is 2.12. The Morgan fingerprint density at radius 3 is 2.53 bits per heavy atom. The monoisotopic (exact) mass is 421 g/mol. The van der Waals surface area contributed by atoms with Crippen LogP contribution in [0.4, 0.5) is 5.13 Å². The standard InChI is InChI=1S/C22H19N3O4S/c1-2-29-15-7-5-6-14(12-15)19(26)24-22-23-13-16(30-22)10-11-25-20(27)17-8-3-4-9-18(17)21(25)28/h3-9,12-13H,2,10-11H2,1H3,(H,23,24,26). The molecule has 3 aromatic rings. The van der Waals surface area contributed by atoms with Gasteiger partial charge in [-0.05, 0) is 37.3 Å². The number of hydrogen-bond acceptors (Lipinski definition) is 6. The quantitative estimate of drug-likeness (QED) is 0.589. The van der Waals surface area contributed by atoms with Gasteiger partial charge in [0.15, 0.2) is 5.13 Å². The molecule has 8 heteroatoms. The van der Waals surface area contributed by atoms with Crippen LogP contribution in [0.2, 0.25) is 0 Å². The van der Waals surface area contributed by atoms with E-state index in [1.54, 1.807) is 54.7 Å².